The van der Waals surface area contributed by atoms with Crippen LogP contribution in [0.3, 0.4) is 0 Å². The third-order valence-corrected chi connectivity index (χ3v) is 3.53. The van der Waals surface area contributed by atoms with Crippen LogP contribution >= 0.6 is 0 Å². The molecule has 0 aromatic rings. The van der Waals surface area contributed by atoms with E-state index in [9.17, 15) is 9.59 Å². The summed E-state index contributed by atoms with van der Waals surface area (Å²) in [6.07, 6.45) is -0.103. The smallest absolute Gasteiger partial charge is 0.313 e. The second-order valence-corrected chi connectivity index (χ2v) is 8.44. The predicted octanol–water partition coefficient (Wildman–Crippen LogP) is 2.61. The van der Waals surface area contributed by atoms with Gasteiger partial charge in [0.25, 0.3) is 0 Å². The molecule has 0 N–H and O–H groups in total. The van der Waals surface area contributed by atoms with Gasteiger partial charge in [0.2, 0.25) is 15.2 Å². The molecule has 0 fully saturated rings. The molecule has 0 aromatic heterocycles. The maximum Gasteiger partial charge on any atom is 0.313 e. The number of rotatable bonds is 5. The highest BCUT2D eigenvalue weighted by Crippen LogP contribution is 2.07. The van der Waals surface area contributed by atoms with Crippen molar-refractivity contribution in [3.8, 4) is 0 Å². The second kappa shape index (κ2) is 11.2. The number of ketones is 1. The van der Waals surface area contributed by atoms with Gasteiger partial charge in [0.15, 0.2) is 0 Å². The number of Topliss-reactive ketones (excluding diaryl/α,β-unsaturated/α-hetero) is 1. The Kier molecular flexibility index (Phi) is 12.6. The molecule has 94 valence electrons. The van der Waals surface area contributed by atoms with Gasteiger partial charge >= 0.3 is 5.97 Å². The van der Waals surface area contributed by atoms with Crippen LogP contribution in [0.5, 0.6) is 0 Å². The van der Waals surface area contributed by atoms with Crippen LogP contribution < -0.4 is 0 Å². The van der Waals surface area contributed by atoms with E-state index in [1.165, 1.54) is 6.92 Å². The molecule has 0 aliphatic heterocycles. The zero-order chi connectivity index (χ0) is 13.1. The van der Waals surface area contributed by atoms with Crippen molar-refractivity contribution < 1.29 is 14.3 Å². The van der Waals surface area contributed by atoms with Crippen molar-refractivity contribution in [1.82, 2.24) is 0 Å². The van der Waals surface area contributed by atoms with Gasteiger partial charge in [-0.1, -0.05) is 37.3 Å². The highest BCUT2D eigenvalue weighted by Gasteiger charge is 2.03. The first-order valence-electron chi connectivity index (χ1n) is 5.94. The number of esters is 1. The molecule has 3 nitrogen and oxygen atoms in total. The lowest BCUT2D eigenvalue weighted by Gasteiger charge is -2.01. The fourth-order valence-corrected chi connectivity index (χ4v) is 3.24. The third kappa shape index (κ3) is 19.3. The average molecular weight is 244 g/mol. The topological polar surface area (TPSA) is 43.4 Å². The summed E-state index contributed by atoms with van der Waals surface area (Å²) in [5.74, 6) is -0.599. The van der Waals surface area contributed by atoms with Crippen molar-refractivity contribution in [1.29, 1.82) is 0 Å². The first-order chi connectivity index (χ1) is 7.29. The molecule has 0 aliphatic carbocycles. The molecule has 0 saturated heterocycles. The van der Waals surface area contributed by atoms with Gasteiger partial charge in [-0.25, -0.2) is 0 Å². The molecule has 0 radical (unpaired) electrons. The summed E-state index contributed by atoms with van der Waals surface area (Å²) in [4.78, 5) is 20.6. The summed E-state index contributed by atoms with van der Waals surface area (Å²) in [5, 5.41) is 0. The van der Waals surface area contributed by atoms with E-state index in [-0.39, 0.29) is 27.4 Å². The fourth-order valence-electron chi connectivity index (χ4n) is 1.36. The summed E-state index contributed by atoms with van der Waals surface area (Å²) in [7, 11) is 0. The highest BCUT2D eigenvalue weighted by atomic mass is 27.1. The Bertz CT molecular complexity index is 194. The maximum atomic E-state index is 10.4. The van der Waals surface area contributed by atoms with E-state index in [0.717, 1.165) is 9.56 Å². The van der Waals surface area contributed by atoms with Gasteiger partial charge in [0, 0.05) is 0 Å². The number of hydrogen-bond donors (Lipinski definition) is 0. The molecule has 0 amide bonds. The van der Waals surface area contributed by atoms with Crippen molar-refractivity contribution in [3.63, 3.8) is 0 Å². The zero-order valence-corrected chi connectivity index (χ0v) is 12.9. The van der Waals surface area contributed by atoms with Gasteiger partial charge in [-0.05, 0) is 13.8 Å². The van der Waals surface area contributed by atoms with E-state index in [1.54, 1.807) is 6.92 Å². The second-order valence-electron chi connectivity index (χ2n) is 4.71. The molecule has 0 bridgehead atoms. The van der Waals surface area contributed by atoms with Crippen LogP contribution in [0.1, 0.15) is 48.0 Å². The van der Waals surface area contributed by atoms with Crippen LogP contribution in [0.25, 0.3) is 0 Å². The lowest BCUT2D eigenvalue weighted by molar-refractivity contribution is -0.145. The summed E-state index contributed by atoms with van der Waals surface area (Å²) < 4.78 is 6.52. The Morgan fingerprint density at radius 1 is 1.12 bits per heavy atom. The van der Waals surface area contributed by atoms with E-state index >= 15 is 0 Å². The van der Waals surface area contributed by atoms with Crippen LogP contribution in [-0.2, 0) is 14.3 Å². The van der Waals surface area contributed by atoms with E-state index in [0.29, 0.717) is 6.61 Å². The minimum atomic E-state index is -0.440. The first-order valence-corrected chi connectivity index (χ1v) is 7.57. The average Bonchev–Trinajstić information content (AvgIpc) is 2.00. The summed E-state index contributed by atoms with van der Waals surface area (Å²) in [5.41, 5.74) is 0. The van der Waals surface area contributed by atoms with Crippen molar-refractivity contribution in [2.24, 2.45) is 0 Å². The number of hydrogen-bond acceptors (Lipinski definition) is 3. The van der Waals surface area contributed by atoms with Crippen LogP contribution in [0.2, 0.25) is 9.56 Å². The lowest BCUT2D eigenvalue weighted by atomic mass is 10.3. The SMILES string of the molecule is CCOC(=O)CC(C)=O.C[CH](C)[AlH][CH](C)C. The Morgan fingerprint density at radius 2 is 1.56 bits per heavy atom. The third-order valence-electron chi connectivity index (χ3n) is 1.64. The Morgan fingerprint density at radius 3 is 1.75 bits per heavy atom. The van der Waals surface area contributed by atoms with E-state index < -0.39 is 5.97 Å². The Balaban J connectivity index is 0. The molecule has 0 aromatic carbocycles. The molecular formula is C12H25AlO3. The molecule has 0 unspecified atom stereocenters. The van der Waals surface area contributed by atoms with E-state index in [1.807, 2.05) is 0 Å². The van der Waals surface area contributed by atoms with Crippen LogP contribution in [0.4, 0.5) is 0 Å². The van der Waals surface area contributed by atoms with Crippen LogP contribution in [0, 0.1) is 0 Å². The monoisotopic (exact) mass is 244 g/mol. The summed E-state index contributed by atoms with van der Waals surface area (Å²) in [6, 6.07) is 0. The number of ether oxygens (including phenoxy) is 1. The summed E-state index contributed by atoms with van der Waals surface area (Å²) >= 11 is 0.281. The maximum absolute atomic E-state index is 10.4. The zero-order valence-electron chi connectivity index (χ0n) is 11.5. The van der Waals surface area contributed by atoms with Crippen LogP contribution in [0.15, 0.2) is 0 Å². The van der Waals surface area contributed by atoms with E-state index in [4.69, 9.17) is 0 Å². The molecule has 0 heterocycles. The fraction of sp³-hybridized carbons (Fsp3) is 0.833. The van der Waals surface area contributed by atoms with Gasteiger partial charge in [-0.3, -0.25) is 9.59 Å². The number of carbonyl (C=O) groups is 2. The van der Waals surface area contributed by atoms with Crippen LogP contribution in [-0.4, -0.2) is 33.6 Å². The standard InChI is InChI=1S/C6H10O3.2C3H7.Al.H/c1-3-9-6(8)4-5(2)7;2*1-3-2;;/h3-4H2,1-2H3;2*3H,1-2H3;;. The van der Waals surface area contributed by atoms with Crippen molar-refractivity contribution in [2.45, 2.75) is 57.5 Å². The molecule has 0 spiro atoms. The molecule has 16 heavy (non-hydrogen) atoms. The lowest BCUT2D eigenvalue weighted by Crippen LogP contribution is -2.07. The van der Waals surface area contributed by atoms with Crippen molar-refractivity contribution in [3.05, 3.63) is 0 Å². The Labute approximate surface area is 106 Å². The minimum absolute atomic E-state index is 0.103. The van der Waals surface area contributed by atoms with Crippen molar-refractivity contribution >= 4 is 27.0 Å². The minimum Gasteiger partial charge on any atom is -0.466 e. The van der Waals surface area contributed by atoms with Gasteiger partial charge in [0.05, 0.1) is 6.61 Å². The van der Waals surface area contributed by atoms with Gasteiger partial charge in [-0.15, -0.1) is 0 Å². The first kappa shape index (κ1) is 18.0. The molecule has 4 heteroatoms. The highest BCUT2D eigenvalue weighted by molar-refractivity contribution is 6.38. The number of carbonyl (C=O) groups excluding carboxylic acids is 2. The van der Waals surface area contributed by atoms with Gasteiger partial charge in [0.1, 0.15) is 12.2 Å². The van der Waals surface area contributed by atoms with Crippen molar-refractivity contribution in [2.75, 3.05) is 6.61 Å². The molecule has 0 rings (SSSR count). The molecule has 0 aliphatic rings. The predicted molar refractivity (Wildman–Crippen MR) is 69.3 cm³/mol. The quantitative estimate of drug-likeness (QED) is 0.424. The van der Waals surface area contributed by atoms with Gasteiger partial charge < -0.3 is 4.74 Å². The largest absolute Gasteiger partial charge is 0.466 e. The normalized spacial score (nSPS) is 9.50. The molecular weight excluding hydrogens is 219 g/mol. The molecule has 0 saturated carbocycles. The molecule has 0 atom stereocenters. The Hall–Kier alpha value is -0.328. The van der Waals surface area contributed by atoms with Gasteiger partial charge in [-0.2, -0.15) is 0 Å². The van der Waals surface area contributed by atoms with E-state index in [2.05, 4.69) is 32.4 Å². The summed E-state index contributed by atoms with van der Waals surface area (Å²) in [6.45, 7) is 12.7.